The van der Waals surface area contributed by atoms with Gasteiger partial charge in [-0.05, 0) is 28.8 Å². The zero-order chi connectivity index (χ0) is 23.0. The number of hydrogen-bond donors (Lipinski definition) is 1. The van der Waals surface area contributed by atoms with Crippen LogP contribution in [0.3, 0.4) is 0 Å². The Bertz CT molecular complexity index is 1230. The summed E-state index contributed by atoms with van der Waals surface area (Å²) in [4.78, 5) is 4.51. The van der Waals surface area contributed by atoms with Gasteiger partial charge in [0.05, 0.1) is 5.25 Å². The Balaban J connectivity index is 1.95. The number of benzene rings is 3. The Hall–Kier alpha value is -2.85. The van der Waals surface area contributed by atoms with Crippen molar-refractivity contribution in [2.45, 2.75) is 16.3 Å². The number of thioether (sulfide) groups is 1. The van der Waals surface area contributed by atoms with Crippen LogP contribution in [0.1, 0.15) is 21.9 Å². The highest BCUT2D eigenvalue weighted by Gasteiger charge is 2.52. The van der Waals surface area contributed by atoms with Gasteiger partial charge in [-0.2, -0.15) is 21.6 Å². The lowest BCUT2D eigenvalue weighted by molar-refractivity contribution is -0.0442. The molecule has 0 saturated heterocycles. The number of nitrogens with one attached hydrogen (secondary N) is 1. The summed E-state index contributed by atoms with van der Waals surface area (Å²) < 4.78 is 78.0. The second-order valence-corrected chi connectivity index (χ2v) is 9.78. The summed E-state index contributed by atoms with van der Waals surface area (Å²) in [5.41, 5.74) is -4.95. The second kappa shape index (κ2) is 8.25. The molecule has 2 atom stereocenters. The van der Waals surface area contributed by atoms with Gasteiger partial charge in [-0.1, -0.05) is 84.6 Å². The lowest BCUT2D eigenvalue weighted by Gasteiger charge is -2.33. The Kier molecular flexibility index (Phi) is 5.76. The zero-order valence-electron chi connectivity index (χ0n) is 16.3. The van der Waals surface area contributed by atoms with E-state index in [9.17, 15) is 26.0 Å². The molecule has 4 rings (SSSR count). The molecule has 1 aliphatic rings. The van der Waals surface area contributed by atoms with Crippen LogP contribution in [0, 0.1) is 5.82 Å². The van der Waals surface area contributed by atoms with Crippen molar-refractivity contribution in [3.63, 3.8) is 0 Å². The summed E-state index contributed by atoms with van der Waals surface area (Å²) in [5, 5.41) is -1.02. The van der Waals surface area contributed by atoms with Crippen molar-refractivity contribution in [1.82, 2.24) is 4.72 Å². The van der Waals surface area contributed by atoms with Crippen molar-refractivity contribution in [2.75, 3.05) is 0 Å². The maximum Gasteiger partial charge on any atom is 0.516 e. The second-order valence-electron chi connectivity index (χ2n) is 7.02. The molecule has 0 aromatic heterocycles. The average Bonchev–Trinajstić information content (AvgIpc) is 3.14. The van der Waals surface area contributed by atoms with E-state index in [1.165, 1.54) is 24.3 Å². The standard InChI is InChI=1S/C22H16F4N2O2S2/c23-18-13-11-17(12-14-18)21(16-9-5-2-6-10-16)19(15-7-3-1-4-8-15)31-20(27-21)28-32(29,30)22(24,25)26/h1-14,19H,(H,27,28). The first kappa shape index (κ1) is 22.3. The number of hydrogen-bond acceptors (Lipinski definition) is 4. The summed E-state index contributed by atoms with van der Waals surface area (Å²) in [7, 11) is -5.67. The van der Waals surface area contributed by atoms with Crippen molar-refractivity contribution >= 4 is 27.0 Å². The van der Waals surface area contributed by atoms with Gasteiger partial charge in [0, 0.05) is 0 Å². The maximum absolute atomic E-state index is 13.7. The molecule has 0 spiro atoms. The molecule has 166 valence electrons. The van der Waals surface area contributed by atoms with Crippen LogP contribution >= 0.6 is 11.8 Å². The molecule has 2 unspecified atom stereocenters. The van der Waals surface area contributed by atoms with E-state index in [-0.39, 0.29) is 0 Å². The van der Waals surface area contributed by atoms with Gasteiger partial charge in [0.2, 0.25) is 0 Å². The Morgan fingerprint density at radius 1 is 0.844 bits per heavy atom. The van der Waals surface area contributed by atoms with Gasteiger partial charge in [-0.3, -0.25) is 4.72 Å². The smallest absolute Gasteiger partial charge is 0.254 e. The van der Waals surface area contributed by atoms with E-state index < -0.39 is 37.3 Å². The normalized spacial score (nSPS) is 21.2. The van der Waals surface area contributed by atoms with Gasteiger partial charge in [0.1, 0.15) is 11.4 Å². The van der Waals surface area contributed by atoms with E-state index in [0.29, 0.717) is 11.1 Å². The van der Waals surface area contributed by atoms with Gasteiger partial charge in [0.15, 0.2) is 5.17 Å². The lowest BCUT2D eigenvalue weighted by Crippen LogP contribution is -2.38. The Morgan fingerprint density at radius 2 is 1.38 bits per heavy atom. The van der Waals surface area contributed by atoms with Gasteiger partial charge in [0.25, 0.3) is 0 Å². The van der Waals surface area contributed by atoms with Crippen molar-refractivity contribution in [2.24, 2.45) is 4.99 Å². The molecule has 1 aliphatic heterocycles. The highest BCUT2D eigenvalue weighted by atomic mass is 32.2. The van der Waals surface area contributed by atoms with Crippen molar-refractivity contribution in [1.29, 1.82) is 0 Å². The molecule has 10 heteroatoms. The SMILES string of the molecule is O=S(=O)(NC1=NC(c2ccccc2)(c2ccc(F)cc2)C(c2ccccc2)S1)C(F)(F)F. The molecule has 0 saturated carbocycles. The molecule has 0 amide bonds. The molecule has 3 aromatic rings. The number of aliphatic imine (C=N–C) groups is 1. The minimum absolute atomic E-state index is 0.399. The number of rotatable bonds is 4. The topological polar surface area (TPSA) is 58.5 Å². The largest absolute Gasteiger partial charge is 0.516 e. The predicted molar refractivity (Wildman–Crippen MR) is 116 cm³/mol. The quantitative estimate of drug-likeness (QED) is 0.512. The van der Waals surface area contributed by atoms with E-state index in [1.807, 2.05) is 0 Å². The molecule has 0 fully saturated rings. The van der Waals surface area contributed by atoms with E-state index in [1.54, 1.807) is 65.4 Å². The zero-order valence-corrected chi connectivity index (χ0v) is 17.9. The fourth-order valence-corrected chi connectivity index (χ4v) is 5.71. The average molecular weight is 481 g/mol. The molecular weight excluding hydrogens is 464 g/mol. The van der Waals surface area contributed by atoms with Crippen molar-refractivity contribution in [3.8, 4) is 0 Å². The van der Waals surface area contributed by atoms with E-state index in [4.69, 9.17) is 0 Å². The predicted octanol–water partition coefficient (Wildman–Crippen LogP) is 5.35. The minimum atomic E-state index is -5.67. The summed E-state index contributed by atoms with van der Waals surface area (Å²) in [6.07, 6.45) is 0. The molecule has 4 nitrogen and oxygen atoms in total. The van der Waals surface area contributed by atoms with Crippen LogP contribution in [-0.4, -0.2) is 19.1 Å². The summed E-state index contributed by atoms with van der Waals surface area (Å²) in [6, 6.07) is 23.2. The molecule has 3 aromatic carbocycles. The van der Waals surface area contributed by atoms with Gasteiger partial charge < -0.3 is 0 Å². The molecule has 1 heterocycles. The monoisotopic (exact) mass is 480 g/mol. The third kappa shape index (κ3) is 4.00. The summed E-state index contributed by atoms with van der Waals surface area (Å²) in [6.45, 7) is 0. The van der Waals surface area contributed by atoms with Crippen LogP contribution in [0.5, 0.6) is 0 Å². The van der Waals surface area contributed by atoms with Crippen LogP contribution in [0.25, 0.3) is 0 Å². The van der Waals surface area contributed by atoms with Crippen molar-refractivity contribution < 1.29 is 26.0 Å². The van der Waals surface area contributed by atoms with Gasteiger partial charge in [-0.15, -0.1) is 0 Å². The molecule has 0 radical (unpaired) electrons. The molecular formula is C22H16F4N2O2S2. The molecule has 0 bridgehead atoms. The number of halogens is 4. The third-order valence-electron chi connectivity index (χ3n) is 5.01. The number of sulfonamides is 1. The van der Waals surface area contributed by atoms with Crippen LogP contribution < -0.4 is 4.72 Å². The Morgan fingerprint density at radius 3 is 1.94 bits per heavy atom. The first-order valence-corrected chi connectivity index (χ1v) is 11.7. The number of nitrogens with zero attached hydrogens (tertiary/aromatic N) is 1. The first-order chi connectivity index (χ1) is 15.1. The maximum atomic E-state index is 13.7. The molecule has 0 aliphatic carbocycles. The van der Waals surface area contributed by atoms with E-state index >= 15 is 0 Å². The highest BCUT2D eigenvalue weighted by molar-refractivity contribution is 8.15. The van der Waals surface area contributed by atoms with E-state index in [0.717, 1.165) is 17.3 Å². The van der Waals surface area contributed by atoms with Crippen LogP contribution in [0.4, 0.5) is 17.6 Å². The van der Waals surface area contributed by atoms with Crippen LogP contribution in [0.2, 0.25) is 0 Å². The minimum Gasteiger partial charge on any atom is -0.254 e. The molecule has 32 heavy (non-hydrogen) atoms. The van der Waals surface area contributed by atoms with E-state index in [2.05, 4.69) is 4.99 Å². The van der Waals surface area contributed by atoms with Crippen LogP contribution in [0.15, 0.2) is 89.9 Å². The Labute approximate surface area is 186 Å². The third-order valence-corrected chi connectivity index (χ3v) is 7.48. The highest BCUT2D eigenvalue weighted by Crippen LogP contribution is 2.56. The van der Waals surface area contributed by atoms with Gasteiger partial charge in [-0.25, -0.2) is 9.38 Å². The summed E-state index contributed by atoms with van der Waals surface area (Å²) in [5.74, 6) is -0.485. The fraction of sp³-hybridized carbons (Fsp3) is 0.136. The van der Waals surface area contributed by atoms with Gasteiger partial charge >= 0.3 is 15.5 Å². The van der Waals surface area contributed by atoms with Crippen LogP contribution in [-0.2, 0) is 15.6 Å². The fourth-order valence-electron chi connectivity index (χ4n) is 3.59. The number of alkyl halides is 3. The summed E-state index contributed by atoms with van der Waals surface area (Å²) >= 11 is 0.874. The lowest BCUT2D eigenvalue weighted by atomic mass is 9.78. The molecule has 1 N–H and O–H groups in total. The van der Waals surface area contributed by atoms with Crippen molar-refractivity contribution in [3.05, 3.63) is 107 Å². The number of amidine groups is 1. The first-order valence-electron chi connectivity index (χ1n) is 9.35.